The van der Waals surface area contributed by atoms with E-state index in [-0.39, 0.29) is 18.4 Å². The highest BCUT2D eigenvalue weighted by Gasteiger charge is 2.36. The van der Waals surface area contributed by atoms with Crippen LogP contribution in [-0.2, 0) is 19.2 Å². The average Bonchev–Trinajstić information content (AvgIpc) is 3.14. The van der Waals surface area contributed by atoms with Gasteiger partial charge in [-0.2, -0.15) is 0 Å². The van der Waals surface area contributed by atoms with Crippen LogP contribution in [0.25, 0.3) is 0 Å². The second kappa shape index (κ2) is 12.4. The van der Waals surface area contributed by atoms with E-state index >= 15 is 0 Å². The third-order valence-corrected chi connectivity index (χ3v) is 4.92. The Labute approximate surface area is 171 Å². The van der Waals surface area contributed by atoms with Gasteiger partial charge in [0.25, 0.3) is 0 Å². The number of hydrogen-bond donors (Lipinski definition) is 5. The summed E-state index contributed by atoms with van der Waals surface area (Å²) in [5.41, 5.74) is 11.2. The zero-order valence-electron chi connectivity index (χ0n) is 17.4. The van der Waals surface area contributed by atoms with E-state index in [1.54, 1.807) is 0 Å². The molecule has 0 aromatic rings. The van der Waals surface area contributed by atoms with Gasteiger partial charge in [-0.1, -0.05) is 20.3 Å². The third-order valence-electron chi connectivity index (χ3n) is 4.92. The summed E-state index contributed by atoms with van der Waals surface area (Å²) in [4.78, 5) is 49.8. The van der Waals surface area contributed by atoms with Crippen molar-refractivity contribution in [3.63, 3.8) is 0 Å². The summed E-state index contributed by atoms with van der Waals surface area (Å²) in [6, 6.07) is -2.43. The summed E-state index contributed by atoms with van der Waals surface area (Å²) in [6.07, 6.45) is 3.39. The van der Waals surface area contributed by atoms with Gasteiger partial charge >= 0.3 is 5.97 Å². The van der Waals surface area contributed by atoms with Gasteiger partial charge in [-0.05, 0) is 44.6 Å². The fourth-order valence-electron chi connectivity index (χ4n) is 3.33. The van der Waals surface area contributed by atoms with Crippen molar-refractivity contribution in [2.45, 2.75) is 70.5 Å². The number of likely N-dealkylation sites (tertiary alicyclic amines) is 1. The first kappa shape index (κ1) is 24.8. The zero-order valence-corrected chi connectivity index (χ0v) is 17.4. The largest absolute Gasteiger partial charge is 0.480 e. The molecule has 1 saturated heterocycles. The molecule has 0 aromatic heterocycles. The molecule has 0 spiro atoms. The minimum atomic E-state index is -1.10. The lowest BCUT2D eigenvalue weighted by molar-refractivity contribution is -0.144. The molecule has 0 radical (unpaired) electrons. The second-order valence-corrected chi connectivity index (χ2v) is 7.88. The van der Waals surface area contributed by atoms with Gasteiger partial charge in [0.05, 0.1) is 12.6 Å². The predicted octanol–water partition coefficient (Wildman–Crippen LogP) is -0.835. The standard InChI is InChI=1S/C19H35N5O5/c1-12(2)10-14(19(28)29)23-18(27)15-7-5-9-24(15)16(25)11-22-17(26)13(21)6-3-4-8-20/h12-15H,3-11,20-21H2,1-2H3,(H,22,26)(H,23,27)(H,28,29). The number of unbranched alkanes of at least 4 members (excludes halogenated alkanes) is 1. The van der Waals surface area contributed by atoms with Gasteiger partial charge in [-0.25, -0.2) is 4.79 Å². The second-order valence-electron chi connectivity index (χ2n) is 7.88. The summed E-state index contributed by atoms with van der Waals surface area (Å²) in [6.45, 7) is 4.41. The Morgan fingerprint density at radius 3 is 2.48 bits per heavy atom. The van der Waals surface area contributed by atoms with E-state index in [0.717, 1.165) is 12.8 Å². The molecule has 0 bridgehead atoms. The molecule has 0 saturated carbocycles. The minimum Gasteiger partial charge on any atom is -0.480 e. The van der Waals surface area contributed by atoms with Gasteiger partial charge < -0.3 is 32.1 Å². The summed E-state index contributed by atoms with van der Waals surface area (Å²) in [5.74, 6) is -2.28. The van der Waals surface area contributed by atoms with Gasteiger partial charge in [0.2, 0.25) is 17.7 Å². The van der Waals surface area contributed by atoms with Gasteiger partial charge in [-0.3, -0.25) is 14.4 Å². The lowest BCUT2D eigenvalue weighted by Crippen LogP contribution is -2.53. The molecule has 1 fully saturated rings. The van der Waals surface area contributed by atoms with Gasteiger partial charge in [0.15, 0.2) is 0 Å². The van der Waals surface area contributed by atoms with Crippen LogP contribution in [0.3, 0.4) is 0 Å². The summed E-state index contributed by atoms with van der Waals surface area (Å²) in [7, 11) is 0. The molecule has 29 heavy (non-hydrogen) atoms. The van der Waals surface area contributed by atoms with Crippen LogP contribution in [-0.4, -0.2) is 71.5 Å². The Hall–Kier alpha value is -2.20. The number of carboxylic acid groups (broad SMARTS) is 1. The number of aliphatic carboxylic acids is 1. The van der Waals surface area contributed by atoms with E-state index in [1.807, 2.05) is 13.8 Å². The molecule has 1 rings (SSSR count). The number of carboxylic acids is 1. The molecule has 1 heterocycles. The van der Waals surface area contributed by atoms with Crippen molar-refractivity contribution in [3.05, 3.63) is 0 Å². The van der Waals surface area contributed by atoms with Gasteiger partial charge in [0, 0.05) is 6.54 Å². The zero-order chi connectivity index (χ0) is 22.0. The van der Waals surface area contributed by atoms with Crippen LogP contribution in [0.15, 0.2) is 0 Å². The fourth-order valence-corrected chi connectivity index (χ4v) is 3.33. The molecule has 166 valence electrons. The molecule has 10 nitrogen and oxygen atoms in total. The van der Waals surface area contributed by atoms with Crippen molar-refractivity contribution in [2.75, 3.05) is 19.6 Å². The van der Waals surface area contributed by atoms with E-state index in [0.29, 0.717) is 38.8 Å². The maximum Gasteiger partial charge on any atom is 0.326 e. The van der Waals surface area contributed by atoms with Crippen molar-refractivity contribution >= 4 is 23.7 Å². The van der Waals surface area contributed by atoms with Crippen LogP contribution in [0, 0.1) is 5.92 Å². The Balaban J connectivity index is 2.57. The molecule has 1 aliphatic rings. The van der Waals surface area contributed by atoms with Crippen LogP contribution in [0.1, 0.15) is 52.4 Å². The van der Waals surface area contributed by atoms with Crippen molar-refractivity contribution in [1.29, 1.82) is 0 Å². The Kier molecular flexibility index (Phi) is 10.6. The normalized spacial score (nSPS) is 18.4. The van der Waals surface area contributed by atoms with Crippen LogP contribution in [0.2, 0.25) is 0 Å². The lowest BCUT2D eigenvalue weighted by Gasteiger charge is -2.26. The molecule has 3 amide bonds. The topological polar surface area (TPSA) is 168 Å². The monoisotopic (exact) mass is 413 g/mol. The molecule has 0 aliphatic carbocycles. The fraction of sp³-hybridized carbons (Fsp3) is 0.789. The van der Waals surface area contributed by atoms with E-state index < -0.39 is 35.9 Å². The van der Waals surface area contributed by atoms with E-state index in [9.17, 15) is 24.3 Å². The molecule has 7 N–H and O–H groups in total. The van der Waals surface area contributed by atoms with Crippen LogP contribution in [0.4, 0.5) is 0 Å². The number of nitrogens with one attached hydrogen (secondary N) is 2. The first-order valence-electron chi connectivity index (χ1n) is 10.2. The average molecular weight is 414 g/mol. The summed E-state index contributed by atoms with van der Waals surface area (Å²) in [5, 5.41) is 14.4. The quantitative estimate of drug-likeness (QED) is 0.260. The summed E-state index contributed by atoms with van der Waals surface area (Å²) >= 11 is 0. The van der Waals surface area contributed by atoms with E-state index in [2.05, 4.69) is 10.6 Å². The highest BCUT2D eigenvalue weighted by atomic mass is 16.4. The molecular weight excluding hydrogens is 378 g/mol. The Bertz CT molecular complexity index is 583. The highest BCUT2D eigenvalue weighted by molar-refractivity contribution is 5.92. The summed E-state index contributed by atoms with van der Waals surface area (Å²) < 4.78 is 0. The highest BCUT2D eigenvalue weighted by Crippen LogP contribution is 2.18. The van der Waals surface area contributed by atoms with E-state index in [1.165, 1.54) is 4.90 Å². The van der Waals surface area contributed by atoms with Gasteiger partial charge in [-0.15, -0.1) is 0 Å². The first-order valence-corrected chi connectivity index (χ1v) is 10.2. The number of hydrogen-bond acceptors (Lipinski definition) is 6. The number of amides is 3. The molecule has 3 unspecified atom stereocenters. The van der Waals surface area contributed by atoms with Crippen molar-refractivity contribution in [1.82, 2.24) is 15.5 Å². The Morgan fingerprint density at radius 1 is 1.21 bits per heavy atom. The maximum atomic E-state index is 12.6. The number of rotatable bonds is 12. The van der Waals surface area contributed by atoms with Gasteiger partial charge in [0.1, 0.15) is 12.1 Å². The van der Waals surface area contributed by atoms with Crippen LogP contribution >= 0.6 is 0 Å². The smallest absolute Gasteiger partial charge is 0.326 e. The lowest BCUT2D eigenvalue weighted by atomic mass is 10.0. The molecule has 10 heteroatoms. The molecular formula is C19H35N5O5. The molecule has 3 atom stereocenters. The van der Waals surface area contributed by atoms with Crippen molar-refractivity contribution in [3.8, 4) is 0 Å². The van der Waals surface area contributed by atoms with Crippen molar-refractivity contribution in [2.24, 2.45) is 17.4 Å². The number of carbonyl (C=O) groups is 4. The number of nitrogens with zero attached hydrogens (tertiary/aromatic N) is 1. The van der Waals surface area contributed by atoms with Crippen LogP contribution in [0.5, 0.6) is 0 Å². The predicted molar refractivity (Wildman–Crippen MR) is 108 cm³/mol. The third kappa shape index (κ3) is 8.36. The van der Waals surface area contributed by atoms with Crippen molar-refractivity contribution < 1.29 is 24.3 Å². The minimum absolute atomic E-state index is 0.0991. The maximum absolute atomic E-state index is 12.6. The van der Waals surface area contributed by atoms with E-state index in [4.69, 9.17) is 11.5 Å². The number of carbonyl (C=O) groups excluding carboxylic acids is 3. The molecule has 0 aromatic carbocycles. The SMILES string of the molecule is CC(C)CC(NC(=O)C1CCCN1C(=O)CNC(=O)C(N)CCCCN)C(=O)O. The molecule has 1 aliphatic heterocycles. The number of nitrogens with two attached hydrogens (primary N) is 2. The van der Waals surface area contributed by atoms with Crippen LogP contribution < -0.4 is 22.1 Å². The first-order chi connectivity index (χ1) is 13.7. The Morgan fingerprint density at radius 2 is 1.90 bits per heavy atom.